The molecule has 2 rings (SSSR count). The Hall–Kier alpha value is -1.49. The zero-order chi connectivity index (χ0) is 15.3. The first-order valence-electron chi connectivity index (χ1n) is 7.34. The van der Waals surface area contributed by atoms with Crippen molar-refractivity contribution < 1.29 is 14.7 Å². The Kier molecular flexibility index (Phi) is 5.28. The molecule has 21 heavy (non-hydrogen) atoms. The maximum atomic E-state index is 12.4. The normalized spacial score (nSPS) is 18.1. The molecule has 1 aromatic rings. The Morgan fingerprint density at radius 2 is 1.90 bits per heavy atom. The van der Waals surface area contributed by atoms with Gasteiger partial charge in [0.05, 0.1) is 5.25 Å². The Morgan fingerprint density at radius 3 is 2.43 bits per heavy atom. The molecule has 0 bridgehead atoms. The minimum atomic E-state index is -1.05. The number of nitrogens with one attached hydrogen (secondary N) is 1. The van der Waals surface area contributed by atoms with E-state index in [1.54, 1.807) is 0 Å². The summed E-state index contributed by atoms with van der Waals surface area (Å²) in [6.45, 7) is 1.95. The van der Waals surface area contributed by atoms with Crippen LogP contribution in [0.4, 0.5) is 0 Å². The number of benzene rings is 1. The van der Waals surface area contributed by atoms with Gasteiger partial charge >= 0.3 is 5.97 Å². The number of aliphatic carboxylic acids is 1. The van der Waals surface area contributed by atoms with Crippen molar-refractivity contribution in [3.63, 3.8) is 0 Å². The van der Waals surface area contributed by atoms with Crippen molar-refractivity contribution in [1.29, 1.82) is 0 Å². The molecular weight excluding hydrogens is 286 g/mol. The second-order valence-electron chi connectivity index (χ2n) is 5.41. The summed E-state index contributed by atoms with van der Waals surface area (Å²) >= 11 is 1.49. The second-order valence-corrected chi connectivity index (χ2v) is 6.69. The lowest BCUT2D eigenvalue weighted by Crippen LogP contribution is -2.54. The molecule has 1 amide bonds. The van der Waals surface area contributed by atoms with Crippen LogP contribution in [0.2, 0.25) is 0 Å². The third-order valence-electron chi connectivity index (χ3n) is 3.91. The molecule has 1 aliphatic carbocycles. The van der Waals surface area contributed by atoms with Gasteiger partial charge < -0.3 is 10.4 Å². The molecular formula is C16H21NO3S. The molecule has 0 heterocycles. The third kappa shape index (κ3) is 3.79. The van der Waals surface area contributed by atoms with Gasteiger partial charge in [0.1, 0.15) is 5.54 Å². The van der Waals surface area contributed by atoms with E-state index in [0.717, 1.165) is 17.7 Å². The van der Waals surface area contributed by atoms with Crippen LogP contribution in [0, 0.1) is 0 Å². The number of amides is 1. The molecule has 1 fully saturated rings. The van der Waals surface area contributed by atoms with Crippen molar-refractivity contribution in [2.45, 2.75) is 54.7 Å². The number of carboxylic acid groups (broad SMARTS) is 1. The lowest BCUT2D eigenvalue weighted by Gasteiger charge is -2.27. The standard InChI is InChI=1S/C16H21NO3S/c1-2-13(21-12-8-4-3-5-9-12)14(18)17-16(15(19)20)10-6-7-11-16/h3-5,8-9,13H,2,6-7,10-11H2,1H3,(H,17,18)(H,19,20). The first kappa shape index (κ1) is 15.9. The Labute approximate surface area is 129 Å². The van der Waals surface area contributed by atoms with E-state index in [0.29, 0.717) is 19.3 Å². The van der Waals surface area contributed by atoms with Gasteiger partial charge in [-0.1, -0.05) is 38.0 Å². The van der Waals surface area contributed by atoms with Gasteiger partial charge in [-0.05, 0) is 31.4 Å². The van der Waals surface area contributed by atoms with Crippen molar-refractivity contribution in [3.8, 4) is 0 Å². The predicted octanol–water partition coefficient (Wildman–Crippen LogP) is 3.07. The summed E-state index contributed by atoms with van der Waals surface area (Å²) in [5, 5.41) is 12.0. The Balaban J connectivity index is 2.04. The molecule has 0 aromatic heterocycles. The summed E-state index contributed by atoms with van der Waals surface area (Å²) in [4.78, 5) is 25.0. The molecule has 1 aliphatic rings. The van der Waals surface area contributed by atoms with Crippen molar-refractivity contribution in [1.82, 2.24) is 5.32 Å². The van der Waals surface area contributed by atoms with Gasteiger partial charge in [-0.25, -0.2) is 4.79 Å². The van der Waals surface area contributed by atoms with Crippen LogP contribution < -0.4 is 5.32 Å². The maximum Gasteiger partial charge on any atom is 0.329 e. The molecule has 5 heteroatoms. The average Bonchev–Trinajstić information content (AvgIpc) is 2.95. The van der Waals surface area contributed by atoms with Gasteiger partial charge in [-0.2, -0.15) is 0 Å². The average molecular weight is 307 g/mol. The highest BCUT2D eigenvalue weighted by Crippen LogP contribution is 2.32. The largest absolute Gasteiger partial charge is 0.480 e. The van der Waals surface area contributed by atoms with Crippen LogP contribution >= 0.6 is 11.8 Å². The van der Waals surface area contributed by atoms with E-state index in [1.165, 1.54) is 11.8 Å². The smallest absolute Gasteiger partial charge is 0.329 e. The number of carbonyl (C=O) groups is 2. The second kappa shape index (κ2) is 6.98. The first-order valence-corrected chi connectivity index (χ1v) is 8.22. The number of hydrogen-bond acceptors (Lipinski definition) is 3. The molecule has 2 N–H and O–H groups in total. The SMILES string of the molecule is CCC(Sc1ccccc1)C(=O)NC1(C(=O)O)CCCC1. The Bertz CT molecular complexity index is 498. The zero-order valence-corrected chi connectivity index (χ0v) is 13.0. The van der Waals surface area contributed by atoms with Crippen molar-refractivity contribution in [2.24, 2.45) is 0 Å². The maximum absolute atomic E-state index is 12.4. The summed E-state index contributed by atoms with van der Waals surface area (Å²) in [6, 6.07) is 9.72. The molecule has 114 valence electrons. The molecule has 1 atom stereocenters. The lowest BCUT2D eigenvalue weighted by atomic mass is 9.97. The topological polar surface area (TPSA) is 66.4 Å². The zero-order valence-electron chi connectivity index (χ0n) is 12.2. The van der Waals surface area contributed by atoms with E-state index in [9.17, 15) is 14.7 Å². The summed E-state index contributed by atoms with van der Waals surface area (Å²) in [5.74, 6) is -1.08. The number of rotatable bonds is 6. The van der Waals surface area contributed by atoms with Gasteiger partial charge in [0.2, 0.25) is 5.91 Å². The highest BCUT2D eigenvalue weighted by molar-refractivity contribution is 8.00. The molecule has 0 radical (unpaired) electrons. The quantitative estimate of drug-likeness (QED) is 0.793. The van der Waals surface area contributed by atoms with E-state index < -0.39 is 11.5 Å². The fourth-order valence-electron chi connectivity index (χ4n) is 2.67. The summed E-state index contributed by atoms with van der Waals surface area (Å²) in [7, 11) is 0. The van der Waals surface area contributed by atoms with Gasteiger partial charge in [0, 0.05) is 4.90 Å². The van der Waals surface area contributed by atoms with Gasteiger partial charge in [-0.15, -0.1) is 11.8 Å². The molecule has 0 spiro atoms. The van der Waals surface area contributed by atoms with E-state index in [-0.39, 0.29) is 11.2 Å². The van der Waals surface area contributed by atoms with Gasteiger partial charge in [-0.3, -0.25) is 4.79 Å². The number of carbonyl (C=O) groups excluding carboxylic acids is 1. The van der Waals surface area contributed by atoms with Gasteiger partial charge in [0.15, 0.2) is 0 Å². The van der Waals surface area contributed by atoms with Crippen LogP contribution in [0.25, 0.3) is 0 Å². The van der Waals surface area contributed by atoms with Crippen molar-refractivity contribution in [2.75, 3.05) is 0 Å². The van der Waals surface area contributed by atoms with E-state index in [1.807, 2.05) is 37.3 Å². The molecule has 1 unspecified atom stereocenters. The minimum Gasteiger partial charge on any atom is -0.480 e. The molecule has 4 nitrogen and oxygen atoms in total. The molecule has 0 aliphatic heterocycles. The van der Waals surface area contributed by atoms with Crippen LogP contribution in [0.15, 0.2) is 35.2 Å². The summed E-state index contributed by atoms with van der Waals surface area (Å²) in [5.41, 5.74) is -1.05. The van der Waals surface area contributed by atoms with E-state index in [2.05, 4.69) is 5.32 Å². The van der Waals surface area contributed by atoms with Crippen LogP contribution in [-0.4, -0.2) is 27.8 Å². The van der Waals surface area contributed by atoms with E-state index in [4.69, 9.17) is 0 Å². The highest BCUT2D eigenvalue weighted by Gasteiger charge is 2.43. The summed E-state index contributed by atoms with van der Waals surface area (Å²) in [6.07, 6.45) is 3.44. The lowest BCUT2D eigenvalue weighted by molar-refractivity contribution is -0.147. The fourth-order valence-corrected chi connectivity index (χ4v) is 3.65. The summed E-state index contributed by atoms with van der Waals surface area (Å²) < 4.78 is 0. The fraction of sp³-hybridized carbons (Fsp3) is 0.500. The minimum absolute atomic E-state index is 0.171. The first-order chi connectivity index (χ1) is 10.1. The van der Waals surface area contributed by atoms with Crippen LogP contribution in [0.1, 0.15) is 39.0 Å². The Morgan fingerprint density at radius 1 is 1.29 bits per heavy atom. The van der Waals surface area contributed by atoms with Crippen LogP contribution in [-0.2, 0) is 9.59 Å². The highest BCUT2D eigenvalue weighted by atomic mass is 32.2. The van der Waals surface area contributed by atoms with Crippen LogP contribution in [0.3, 0.4) is 0 Å². The van der Waals surface area contributed by atoms with Crippen LogP contribution in [0.5, 0.6) is 0 Å². The molecule has 0 saturated heterocycles. The van der Waals surface area contributed by atoms with Gasteiger partial charge in [0.25, 0.3) is 0 Å². The number of hydrogen-bond donors (Lipinski definition) is 2. The third-order valence-corrected chi connectivity index (χ3v) is 5.29. The van der Waals surface area contributed by atoms with Crippen molar-refractivity contribution >= 4 is 23.6 Å². The number of thioether (sulfide) groups is 1. The predicted molar refractivity (Wildman–Crippen MR) is 83.4 cm³/mol. The number of carboxylic acids is 1. The molecule has 1 aromatic carbocycles. The molecule has 1 saturated carbocycles. The van der Waals surface area contributed by atoms with E-state index >= 15 is 0 Å². The van der Waals surface area contributed by atoms with Crippen molar-refractivity contribution in [3.05, 3.63) is 30.3 Å². The monoisotopic (exact) mass is 307 g/mol.